The minimum absolute atomic E-state index is 0.0182. The van der Waals surface area contributed by atoms with Crippen LogP contribution in [0.4, 0.5) is 0 Å². The first-order valence-electron chi connectivity index (χ1n) is 6.87. The highest BCUT2D eigenvalue weighted by Gasteiger charge is 2.12. The lowest BCUT2D eigenvalue weighted by Gasteiger charge is -2.17. The molecule has 3 aromatic rings. The Labute approximate surface area is 123 Å². The fourth-order valence-corrected chi connectivity index (χ4v) is 2.38. The molecule has 104 valence electrons. The number of fused-ring (bicyclic) bond motifs is 1. The Kier molecular flexibility index (Phi) is 3.65. The number of carbonyl (C=O) groups excluding carboxylic acids is 1. The number of carbonyl (C=O) groups is 1. The lowest BCUT2D eigenvalue weighted by molar-refractivity contribution is 0.0785. The molecule has 3 rings (SSSR count). The Morgan fingerprint density at radius 1 is 1.05 bits per heavy atom. The van der Waals surface area contributed by atoms with Crippen LogP contribution in [0.1, 0.15) is 15.9 Å². The van der Waals surface area contributed by atoms with Gasteiger partial charge >= 0.3 is 0 Å². The zero-order valence-corrected chi connectivity index (χ0v) is 11.9. The van der Waals surface area contributed by atoms with Crippen LogP contribution in [0.25, 0.3) is 10.8 Å². The summed E-state index contributed by atoms with van der Waals surface area (Å²) in [6.45, 7) is 0.555. The minimum atomic E-state index is 0.0182. The number of nitrogens with zero attached hydrogens (tertiary/aromatic N) is 2. The molecule has 1 amide bonds. The zero-order valence-electron chi connectivity index (χ0n) is 11.9. The van der Waals surface area contributed by atoms with Gasteiger partial charge in [0.25, 0.3) is 5.91 Å². The molecule has 0 unspecified atom stereocenters. The molecule has 0 radical (unpaired) electrons. The maximum Gasteiger partial charge on any atom is 0.253 e. The molecule has 0 spiro atoms. The van der Waals surface area contributed by atoms with Gasteiger partial charge in [0.1, 0.15) is 0 Å². The van der Waals surface area contributed by atoms with E-state index in [-0.39, 0.29) is 5.91 Å². The maximum atomic E-state index is 12.5. The predicted octanol–water partition coefficient (Wildman–Crippen LogP) is 3.51. The molecule has 0 aliphatic carbocycles. The van der Waals surface area contributed by atoms with Crippen LogP contribution in [0.3, 0.4) is 0 Å². The molecule has 1 heterocycles. The lowest BCUT2D eigenvalue weighted by atomic mass is 10.1. The van der Waals surface area contributed by atoms with Crippen molar-refractivity contribution in [2.75, 3.05) is 7.05 Å². The molecular weight excluding hydrogens is 260 g/mol. The Balaban J connectivity index is 1.82. The van der Waals surface area contributed by atoms with Crippen molar-refractivity contribution in [3.8, 4) is 0 Å². The number of benzene rings is 2. The van der Waals surface area contributed by atoms with Crippen molar-refractivity contribution in [2.24, 2.45) is 0 Å². The van der Waals surface area contributed by atoms with Gasteiger partial charge in [-0.05, 0) is 34.5 Å². The summed E-state index contributed by atoms with van der Waals surface area (Å²) >= 11 is 0. The van der Waals surface area contributed by atoms with E-state index in [4.69, 9.17) is 0 Å². The van der Waals surface area contributed by atoms with Gasteiger partial charge in [-0.2, -0.15) is 0 Å². The number of amides is 1. The second-order valence-corrected chi connectivity index (χ2v) is 5.08. The van der Waals surface area contributed by atoms with E-state index >= 15 is 0 Å². The standard InChI is InChI=1S/C18H16N2O/c1-20(13-14-5-4-10-19-12-14)18(21)17-9-8-15-6-2-3-7-16(15)11-17/h2-12H,13H2,1H3. The van der Waals surface area contributed by atoms with Crippen LogP contribution in [0.2, 0.25) is 0 Å². The molecule has 0 bridgehead atoms. The number of pyridine rings is 1. The molecule has 3 nitrogen and oxygen atoms in total. The summed E-state index contributed by atoms with van der Waals surface area (Å²) in [5.41, 5.74) is 1.73. The number of hydrogen-bond donors (Lipinski definition) is 0. The average Bonchev–Trinajstić information content (AvgIpc) is 2.54. The van der Waals surface area contributed by atoms with Gasteiger partial charge in [0.15, 0.2) is 0 Å². The maximum absolute atomic E-state index is 12.5. The van der Waals surface area contributed by atoms with E-state index in [0.717, 1.165) is 16.3 Å². The van der Waals surface area contributed by atoms with Crippen LogP contribution in [-0.4, -0.2) is 22.8 Å². The zero-order chi connectivity index (χ0) is 14.7. The quantitative estimate of drug-likeness (QED) is 0.733. The van der Waals surface area contributed by atoms with Crippen LogP contribution in [-0.2, 0) is 6.54 Å². The highest BCUT2D eigenvalue weighted by molar-refractivity contribution is 5.98. The molecule has 2 aromatic carbocycles. The highest BCUT2D eigenvalue weighted by atomic mass is 16.2. The van der Waals surface area contributed by atoms with Crippen molar-refractivity contribution >= 4 is 16.7 Å². The van der Waals surface area contributed by atoms with E-state index in [1.165, 1.54) is 0 Å². The molecule has 0 atom stereocenters. The van der Waals surface area contributed by atoms with E-state index in [1.807, 2.05) is 61.6 Å². The monoisotopic (exact) mass is 276 g/mol. The van der Waals surface area contributed by atoms with Crippen molar-refractivity contribution in [1.82, 2.24) is 9.88 Å². The Morgan fingerprint density at radius 3 is 2.62 bits per heavy atom. The third-order valence-corrected chi connectivity index (χ3v) is 3.49. The second-order valence-electron chi connectivity index (χ2n) is 5.08. The van der Waals surface area contributed by atoms with Crippen molar-refractivity contribution in [3.63, 3.8) is 0 Å². The van der Waals surface area contributed by atoms with Crippen LogP contribution in [0, 0.1) is 0 Å². The molecule has 21 heavy (non-hydrogen) atoms. The normalized spacial score (nSPS) is 10.5. The SMILES string of the molecule is CN(Cc1cccnc1)C(=O)c1ccc2ccccc2c1. The average molecular weight is 276 g/mol. The van der Waals surface area contributed by atoms with Gasteiger partial charge in [-0.15, -0.1) is 0 Å². The summed E-state index contributed by atoms with van der Waals surface area (Å²) in [7, 11) is 1.81. The third-order valence-electron chi connectivity index (χ3n) is 3.49. The van der Waals surface area contributed by atoms with Crippen LogP contribution >= 0.6 is 0 Å². The first-order chi connectivity index (χ1) is 10.2. The summed E-state index contributed by atoms with van der Waals surface area (Å²) in [4.78, 5) is 18.3. The molecule has 0 aliphatic rings. The van der Waals surface area contributed by atoms with E-state index in [2.05, 4.69) is 4.98 Å². The molecule has 0 saturated heterocycles. The summed E-state index contributed by atoms with van der Waals surface area (Å²) in [6, 6.07) is 17.7. The van der Waals surface area contributed by atoms with Gasteiger partial charge in [0.2, 0.25) is 0 Å². The largest absolute Gasteiger partial charge is 0.337 e. The number of aromatic nitrogens is 1. The minimum Gasteiger partial charge on any atom is -0.337 e. The van der Waals surface area contributed by atoms with Gasteiger partial charge in [-0.3, -0.25) is 9.78 Å². The van der Waals surface area contributed by atoms with Crippen LogP contribution in [0.15, 0.2) is 67.0 Å². The van der Waals surface area contributed by atoms with Gasteiger partial charge in [-0.25, -0.2) is 0 Å². The first-order valence-corrected chi connectivity index (χ1v) is 6.87. The van der Waals surface area contributed by atoms with Gasteiger partial charge < -0.3 is 4.90 Å². The smallest absolute Gasteiger partial charge is 0.253 e. The highest BCUT2D eigenvalue weighted by Crippen LogP contribution is 2.17. The Hall–Kier alpha value is -2.68. The van der Waals surface area contributed by atoms with Crippen molar-refractivity contribution in [1.29, 1.82) is 0 Å². The van der Waals surface area contributed by atoms with Crippen molar-refractivity contribution in [2.45, 2.75) is 6.54 Å². The van der Waals surface area contributed by atoms with Crippen LogP contribution in [0.5, 0.6) is 0 Å². The summed E-state index contributed by atoms with van der Waals surface area (Å²) in [6.07, 6.45) is 3.51. The number of rotatable bonds is 3. The number of hydrogen-bond acceptors (Lipinski definition) is 2. The molecule has 0 saturated carbocycles. The molecule has 3 heteroatoms. The van der Waals surface area contributed by atoms with E-state index in [9.17, 15) is 4.79 Å². The molecular formula is C18H16N2O. The summed E-state index contributed by atoms with van der Waals surface area (Å²) in [5.74, 6) is 0.0182. The summed E-state index contributed by atoms with van der Waals surface area (Å²) < 4.78 is 0. The second kappa shape index (κ2) is 5.75. The Bertz CT molecular complexity index is 768. The lowest BCUT2D eigenvalue weighted by Crippen LogP contribution is -2.26. The molecule has 0 aliphatic heterocycles. The van der Waals surface area contributed by atoms with Crippen molar-refractivity contribution < 1.29 is 4.79 Å². The van der Waals surface area contributed by atoms with E-state index in [1.54, 1.807) is 17.3 Å². The topological polar surface area (TPSA) is 33.2 Å². The van der Waals surface area contributed by atoms with Gasteiger partial charge in [0.05, 0.1) is 0 Å². The summed E-state index contributed by atoms with van der Waals surface area (Å²) in [5, 5.41) is 2.22. The van der Waals surface area contributed by atoms with E-state index in [0.29, 0.717) is 12.1 Å². The fourth-order valence-electron chi connectivity index (χ4n) is 2.38. The van der Waals surface area contributed by atoms with E-state index < -0.39 is 0 Å². The van der Waals surface area contributed by atoms with Crippen LogP contribution < -0.4 is 0 Å². The molecule has 1 aromatic heterocycles. The fraction of sp³-hybridized carbons (Fsp3) is 0.111. The molecule has 0 N–H and O–H groups in total. The Morgan fingerprint density at radius 2 is 1.86 bits per heavy atom. The van der Waals surface area contributed by atoms with Gasteiger partial charge in [0, 0.05) is 31.5 Å². The van der Waals surface area contributed by atoms with Crippen molar-refractivity contribution in [3.05, 3.63) is 78.1 Å². The first kappa shape index (κ1) is 13.3. The molecule has 0 fully saturated rings. The predicted molar refractivity (Wildman–Crippen MR) is 84.0 cm³/mol. The third kappa shape index (κ3) is 2.92. The van der Waals surface area contributed by atoms with Gasteiger partial charge in [-0.1, -0.05) is 36.4 Å².